The van der Waals surface area contributed by atoms with Crippen LogP contribution >= 0.6 is 0 Å². The summed E-state index contributed by atoms with van der Waals surface area (Å²) in [6.07, 6.45) is 10.7. The lowest BCUT2D eigenvalue weighted by molar-refractivity contribution is 0.102. The first-order valence-corrected chi connectivity index (χ1v) is 6.48. The minimum Gasteiger partial charge on any atom is -0.386 e. The first-order valence-electron chi connectivity index (χ1n) is 6.48. The Balaban J connectivity index is 2.79. The van der Waals surface area contributed by atoms with Crippen LogP contribution in [0.2, 0.25) is 0 Å². The van der Waals surface area contributed by atoms with E-state index < -0.39 is 5.60 Å². The third kappa shape index (κ3) is 4.52. The molecule has 1 N–H and O–H groups in total. The van der Waals surface area contributed by atoms with E-state index in [0.29, 0.717) is 11.8 Å². The van der Waals surface area contributed by atoms with Crippen molar-refractivity contribution >= 4 is 0 Å². The number of allylic oxidation sites excluding steroid dienone is 3. The highest BCUT2D eigenvalue weighted by Gasteiger charge is 2.18. The van der Waals surface area contributed by atoms with Gasteiger partial charge in [-0.2, -0.15) is 0 Å². The zero-order chi connectivity index (χ0) is 12.2. The summed E-state index contributed by atoms with van der Waals surface area (Å²) in [6.45, 7) is 8.63. The van der Waals surface area contributed by atoms with Crippen LogP contribution in [0.15, 0.2) is 23.8 Å². The zero-order valence-electron chi connectivity index (χ0n) is 11.2. The Morgan fingerprint density at radius 2 is 2.12 bits per heavy atom. The monoisotopic (exact) mass is 222 g/mol. The van der Waals surface area contributed by atoms with Gasteiger partial charge < -0.3 is 5.11 Å². The summed E-state index contributed by atoms with van der Waals surface area (Å²) in [5, 5.41) is 10.2. The predicted molar refractivity (Wildman–Crippen MR) is 70.3 cm³/mol. The van der Waals surface area contributed by atoms with Crippen LogP contribution in [0.5, 0.6) is 0 Å². The van der Waals surface area contributed by atoms with Crippen LogP contribution in [0.1, 0.15) is 53.4 Å². The van der Waals surface area contributed by atoms with Gasteiger partial charge in [-0.15, -0.1) is 0 Å². The van der Waals surface area contributed by atoms with Gasteiger partial charge in [0, 0.05) is 0 Å². The van der Waals surface area contributed by atoms with Gasteiger partial charge in [-0.05, 0) is 51.4 Å². The van der Waals surface area contributed by atoms with E-state index in [1.165, 1.54) is 18.4 Å². The molecule has 16 heavy (non-hydrogen) atoms. The maximum Gasteiger partial charge on any atom is 0.0802 e. The Bertz CT molecular complexity index is 271. The molecule has 0 aromatic heterocycles. The van der Waals surface area contributed by atoms with Crippen molar-refractivity contribution in [2.45, 2.75) is 59.0 Å². The molecule has 0 aliphatic heterocycles. The second-order valence-corrected chi connectivity index (χ2v) is 5.75. The minimum absolute atomic E-state index is 0.591. The Morgan fingerprint density at radius 1 is 1.44 bits per heavy atom. The van der Waals surface area contributed by atoms with Crippen LogP contribution < -0.4 is 0 Å². The normalized spacial score (nSPS) is 37.9. The van der Waals surface area contributed by atoms with Gasteiger partial charge in [-0.3, -0.25) is 0 Å². The van der Waals surface area contributed by atoms with Crippen LogP contribution in [0, 0.1) is 11.8 Å². The Labute approximate surface area is 100 Å². The first-order chi connectivity index (χ1) is 7.41. The highest BCUT2D eigenvalue weighted by Crippen LogP contribution is 2.25. The molecule has 0 aromatic rings. The lowest BCUT2D eigenvalue weighted by atomic mass is 9.86. The van der Waals surface area contributed by atoms with Gasteiger partial charge in [0.25, 0.3) is 0 Å². The fourth-order valence-electron chi connectivity index (χ4n) is 2.17. The van der Waals surface area contributed by atoms with Crippen molar-refractivity contribution < 1.29 is 5.11 Å². The highest BCUT2D eigenvalue weighted by molar-refractivity contribution is 5.07. The molecule has 0 aromatic carbocycles. The van der Waals surface area contributed by atoms with Crippen molar-refractivity contribution in [3.05, 3.63) is 23.8 Å². The fourth-order valence-corrected chi connectivity index (χ4v) is 2.17. The summed E-state index contributed by atoms with van der Waals surface area (Å²) < 4.78 is 0. The second kappa shape index (κ2) is 5.67. The van der Waals surface area contributed by atoms with E-state index in [1.807, 2.05) is 13.0 Å². The van der Waals surface area contributed by atoms with Gasteiger partial charge in [0.1, 0.15) is 0 Å². The second-order valence-electron chi connectivity index (χ2n) is 5.75. The van der Waals surface area contributed by atoms with Crippen molar-refractivity contribution in [1.82, 2.24) is 0 Å². The van der Waals surface area contributed by atoms with E-state index >= 15 is 0 Å². The van der Waals surface area contributed by atoms with Crippen LogP contribution in [-0.4, -0.2) is 10.7 Å². The number of rotatable bonds is 1. The molecule has 1 aliphatic carbocycles. The van der Waals surface area contributed by atoms with Gasteiger partial charge in [-0.1, -0.05) is 37.6 Å². The van der Waals surface area contributed by atoms with E-state index in [9.17, 15) is 5.11 Å². The topological polar surface area (TPSA) is 20.2 Å². The molecule has 1 heteroatoms. The quantitative estimate of drug-likeness (QED) is 0.663. The summed E-state index contributed by atoms with van der Waals surface area (Å²) in [5.41, 5.74) is 0.832. The molecule has 0 bridgehead atoms. The van der Waals surface area contributed by atoms with Crippen LogP contribution in [0.25, 0.3) is 0 Å². The van der Waals surface area contributed by atoms with E-state index in [0.717, 1.165) is 12.8 Å². The fraction of sp³-hybridized carbons (Fsp3) is 0.733. The number of hydrogen-bond donors (Lipinski definition) is 1. The summed E-state index contributed by atoms with van der Waals surface area (Å²) in [6, 6.07) is 0. The number of hydrogen-bond acceptors (Lipinski definition) is 1. The summed E-state index contributed by atoms with van der Waals surface area (Å²) >= 11 is 0. The maximum atomic E-state index is 10.2. The third-order valence-electron chi connectivity index (χ3n) is 3.57. The molecular formula is C15H26O. The van der Waals surface area contributed by atoms with Gasteiger partial charge >= 0.3 is 0 Å². The molecule has 0 fully saturated rings. The Kier molecular flexibility index (Phi) is 4.79. The average molecular weight is 222 g/mol. The molecule has 1 aliphatic rings. The van der Waals surface area contributed by atoms with Crippen LogP contribution in [-0.2, 0) is 0 Å². The zero-order valence-corrected chi connectivity index (χ0v) is 11.2. The maximum absolute atomic E-state index is 10.2. The largest absolute Gasteiger partial charge is 0.386 e. The van der Waals surface area contributed by atoms with Gasteiger partial charge in [-0.25, -0.2) is 0 Å². The molecule has 92 valence electrons. The lowest BCUT2D eigenvalue weighted by Gasteiger charge is -2.23. The summed E-state index contributed by atoms with van der Waals surface area (Å²) in [5.74, 6) is 1.24. The van der Waals surface area contributed by atoms with Crippen LogP contribution in [0.4, 0.5) is 0 Å². The van der Waals surface area contributed by atoms with E-state index in [2.05, 4.69) is 32.9 Å². The van der Waals surface area contributed by atoms with Crippen molar-refractivity contribution in [3.63, 3.8) is 0 Å². The molecule has 0 saturated heterocycles. The molecule has 2 atom stereocenters. The van der Waals surface area contributed by atoms with Crippen molar-refractivity contribution in [2.75, 3.05) is 0 Å². The highest BCUT2D eigenvalue weighted by atomic mass is 16.3. The molecule has 0 radical (unpaired) electrons. The van der Waals surface area contributed by atoms with Gasteiger partial charge in [0.05, 0.1) is 5.60 Å². The number of aliphatic hydroxyl groups is 1. The Morgan fingerprint density at radius 3 is 2.75 bits per heavy atom. The summed E-state index contributed by atoms with van der Waals surface area (Å²) in [7, 11) is 0. The van der Waals surface area contributed by atoms with Gasteiger partial charge in [0.2, 0.25) is 0 Å². The SMILES string of the molecule is C/C1=C\CC[C@](C)(O)/C=C/[C@H](C(C)C)CC1. The van der Waals surface area contributed by atoms with Crippen LogP contribution in [0.3, 0.4) is 0 Å². The van der Waals surface area contributed by atoms with E-state index in [1.54, 1.807) is 0 Å². The molecule has 0 saturated carbocycles. The van der Waals surface area contributed by atoms with E-state index in [4.69, 9.17) is 0 Å². The predicted octanol–water partition coefficient (Wildman–Crippen LogP) is 4.09. The minimum atomic E-state index is -0.638. The van der Waals surface area contributed by atoms with Crippen molar-refractivity contribution in [3.8, 4) is 0 Å². The molecule has 0 unspecified atom stereocenters. The summed E-state index contributed by atoms with van der Waals surface area (Å²) in [4.78, 5) is 0. The Hall–Kier alpha value is -0.560. The molecule has 1 nitrogen and oxygen atoms in total. The van der Waals surface area contributed by atoms with E-state index in [-0.39, 0.29) is 0 Å². The molecule has 0 spiro atoms. The first kappa shape index (κ1) is 13.5. The lowest BCUT2D eigenvalue weighted by Crippen LogP contribution is -2.21. The van der Waals surface area contributed by atoms with Gasteiger partial charge in [0.15, 0.2) is 0 Å². The molecule has 0 heterocycles. The average Bonchev–Trinajstić information content (AvgIpc) is 2.16. The smallest absolute Gasteiger partial charge is 0.0802 e. The molecular weight excluding hydrogens is 196 g/mol. The molecule has 0 amide bonds. The molecule has 1 rings (SSSR count). The standard InChI is InChI=1S/C15H26O/c1-12(2)14-8-7-13(3)6-5-10-15(4,16)11-9-14/h6,9,11-12,14,16H,5,7-8,10H2,1-4H3/b11-9+,13-6+/t14-,15+/m1/s1. The third-order valence-corrected chi connectivity index (χ3v) is 3.57. The van der Waals surface area contributed by atoms with Crippen molar-refractivity contribution in [2.24, 2.45) is 11.8 Å². The van der Waals surface area contributed by atoms with Crippen molar-refractivity contribution in [1.29, 1.82) is 0 Å².